The van der Waals surface area contributed by atoms with Gasteiger partial charge in [0, 0.05) is 27.3 Å². The van der Waals surface area contributed by atoms with Gasteiger partial charge in [-0.05, 0) is 36.8 Å². The van der Waals surface area contributed by atoms with Gasteiger partial charge in [0.25, 0.3) is 0 Å². The molecule has 4 nitrogen and oxygen atoms in total. The van der Waals surface area contributed by atoms with E-state index in [1.54, 1.807) is 0 Å². The molecule has 2 aromatic carbocycles. The van der Waals surface area contributed by atoms with Gasteiger partial charge in [-0.25, -0.2) is 0 Å². The van der Waals surface area contributed by atoms with Crippen LogP contribution >= 0.6 is 15.9 Å². The SMILES string of the molecule is C=C(C)n1ccc2c(Br)cc(COc3ccccc3CC(=O)OC)cc21. The number of fused-ring (bicyclic) bond motifs is 1. The van der Waals surface area contributed by atoms with Crippen LogP contribution in [0.15, 0.2) is 59.7 Å². The van der Waals surface area contributed by atoms with E-state index >= 15 is 0 Å². The molecule has 0 atom stereocenters. The molecule has 26 heavy (non-hydrogen) atoms. The van der Waals surface area contributed by atoms with Crippen molar-refractivity contribution >= 4 is 38.5 Å². The Bertz CT molecular complexity index is 975. The first-order valence-corrected chi connectivity index (χ1v) is 9.01. The van der Waals surface area contributed by atoms with Crippen LogP contribution in [0.3, 0.4) is 0 Å². The first-order valence-electron chi connectivity index (χ1n) is 8.22. The molecule has 1 aromatic heterocycles. The Kier molecular flexibility index (Phi) is 5.47. The molecule has 0 N–H and O–H groups in total. The molecule has 0 spiro atoms. The van der Waals surface area contributed by atoms with Crippen LogP contribution in [-0.2, 0) is 22.6 Å². The monoisotopic (exact) mass is 413 g/mol. The maximum absolute atomic E-state index is 11.6. The van der Waals surface area contributed by atoms with E-state index in [2.05, 4.69) is 39.2 Å². The number of para-hydroxylation sites is 1. The number of methoxy groups -OCH3 is 1. The molecular weight excluding hydrogens is 394 g/mol. The Morgan fingerprint density at radius 1 is 1.23 bits per heavy atom. The average molecular weight is 414 g/mol. The molecule has 0 saturated heterocycles. The molecule has 0 bridgehead atoms. The minimum atomic E-state index is -0.288. The number of aromatic nitrogens is 1. The number of carbonyl (C=O) groups excluding carboxylic acids is 1. The minimum absolute atomic E-state index is 0.188. The fraction of sp³-hybridized carbons (Fsp3) is 0.190. The standard InChI is InChI=1S/C21H20BrNO3/c1-14(2)23-9-8-17-18(22)10-15(11-19(17)23)13-26-20-7-5-4-6-16(20)12-21(24)25-3/h4-11H,1,12-13H2,2-3H3. The van der Waals surface area contributed by atoms with Gasteiger partial charge in [-0.2, -0.15) is 0 Å². The molecule has 0 aliphatic rings. The van der Waals surface area contributed by atoms with Crippen LogP contribution in [0.25, 0.3) is 16.6 Å². The number of hydrogen-bond donors (Lipinski definition) is 0. The Labute approximate surface area is 161 Å². The van der Waals surface area contributed by atoms with Crippen molar-refractivity contribution in [2.24, 2.45) is 0 Å². The summed E-state index contributed by atoms with van der Waals surface area (Å²) in [6.07, 6.45) is 2.20. The highest BCUT2D eigenvalue weighted by molar-refractivity contribution is 9.10. The number of halogens is 1. The highest BCUT2D eigenvalue weighted by Gasteiger charge is 2.11. The van der Waals surface area contributed by atoms with Gasteiger partial charge in [0.05, 0.1) is 19.0 Å². The molecule has 1 heterocycles. The third-order valence-electron chi connectivity index (χ3n) is 4.16. The zero-order valence-corrected chi connectivity index (χ0v) is 16.4. The topological polar surface area (TPSA) is 40.5 Å². The molecule has 0 saturated carbocycles. The summed E-state index contributed by atoms with van der Waals surface area (Å²) < 4.78 is 13.8. The van der Waals surface area contributed by atoms with Crippen molar-refractivity contribution in [1.82, 2.24) is 4.57 Å². The van der Waals surface area contributed by atoms with Crippen molar-refractivity contribution in [3.63, 3.8) is 0 Å². The van der Waals surface area contributed by atoms with Gasteiger partial charge in [-0.15, -0.1) is 0 Å². The van der Waals surface area contributed by atoms with Crippen molar-refractivity contribution in [2.45, 2.75) is 20.0 Å². The van der Waals surface area contributed by atoms with Crippen molar-refractivity contribution in [3.8, 4) is 5.75 Å². The van der Waals surface area contributed by atoms with Crippen molar-refractivity contribution in [1.29, 1.82) is 0 Å². The Balaban J connectivity index is 1.85. The molecule has 0 unspecified atom stereocenters. The van der Waals surface area contributed by atoms with E-state index in [1.165, 1.54) is 7.11 Å². The molecular formula is C21H20BrNO3. The van der Waals surface area contributed by atoms with Crippen molar-refractivity contribution in [2.75, 3.05) is 7.11 Å². The van der Waals surface area contributed by atoms with Crippen LogP contribution in [0, 0.1) is 0 Å². The van der Waals surface area contributed by atoms with E-state index < -0.39 is 0 Å². The summed E-state index contributed by atoms with van der Waals surface area (Å²) in [4.78, 5) is 11.6. The normalized spacial score (nSPS) is 10.7. The average Bonchev–Trinajstić information content (AvgIpc) is 3.05. The number of rotatable bonds is 6. The molecule has 0 aliphatic heterocycles. The maximum Gasteiger partial charge on any atom is 0.310 e. The smallest absolute Gasteiger partial charge is 0.310 e. The van der Waals surface area contributed by atoms with Crippen LogP contribution in [-0.4, -0.2) is 17.6 Å². The Morgan fingerprint density at radius 3 is 2.73 bits per heavy atom. The Hall–Kier alpha value is -2.53. The molecule has 5 heteroatoms. The summed E-state index contributed by atoms with van der Waals surface area (Å²) >= 11 is 3.63. The number of esters is 1. The van der Waals surface area contributed by atoms with Gasteiger partial charge in [0.2, 0.25) is 0 Å². The van der Waals surface area contributed by atoms with Crippen molar-refractivity contribution < 1.29 is 14.3 Å². The highest BCUT2D eigenvalue weighted by Crippen LogP contribution is 2.29. The van der Waals surface area contributed by atoms with Crippen LogP contribution in [0.4, 0.5) is 0 Å². The van der Waals surface area contributed by atoms with Gasteiger partial charge in [-0.1, -0.05) is 40.7 Å². The number of benzene rings is 2. The van der Waals surface area contributed by atoms with Crippen molar-refractivity contribution in [3.05, 3.63) is 70.8 Å². The second kappa shape index (κ2) is 7.79. The predicted molar refractivity (Wildman–Crippen MR) is 107 cm³/mol. The number of carbonyl (C=O) groups is 1. The summed E-state index contributed by atoms with van der Waals surface area (Å²) in [5, 5.41) is 1.13. The zero-order valence-electron chi connectivity index (χ0n) is 14.8. The van der Waals surface area contributed by atoms with E-state index in [0.29, 0.717) is 12.4 Å². The highest BCUT2D eigenvalue weighted by atomic mass is 79.9. The molecule has 0 amide bonds. The molecule has 0 aliphatic carbocycles. The minimum Gasteiger partial charge on any atom is -0.489 e. The number of hydrogen-bond acceptors (Lipinski definition) is 3. The second-order valence-electron chi connectivity index (χ2n) is 6.08. The first kappa shape index (κ1) is 18.3. The summed E-state index contributed by atoms with van der Waals surface area (Å²) in [6.45, 7) is 6.39. The lowest BCUT2D eigenvalue weighted by Gasteiger charge is -2.12. The van der Waals surface area contributed by atoms with E-state index in [0.717, 1.165) is 32.2 Å². The fourth-order valence-corrected chi connectivity index (χ4v) is 3.48. The zero-order chi connectivity index (χ0) is 18.7. The molecule has 3 aromatic rings. The van der Waals surface area contributed by atoms with Gasteiger partial charge < -0.3 is 14.0 Å². The predicted octanol–water partition coefficient (Wildman–Crippen LogP) is 5.19. The van der Waals surface area contributed by atoms with Crippen LogP contribution in [0.5, 0.6) is 5.75 Å². The van der Waals surface area contributed by atoms with E-state index in [4.69, 9.17) is 9.47 Å². The third kappa shape index (κ3) is 3.83. The lowest BCUT2D eigenvalue weighted by Crippen LogP contribution is -2.07. The van der Waals surface area contributed by atoms with Gasteiger partial charge in [-0.3, -0.25) is 4.79 Å². The molecule has 3 rings (SSSR count). The van der Waals surface area contributed by atoms with Gasteiger partial charge >= 0.3 is 5.97 Å². The lowest BCUT2D eigenvalue weighted by atomic mass is 10.1. The summed E-state index contributed by atoms with van der Waals surface area (Å²) in [6, 6.07) is 13.7. The van der Waals surface area contributed by atoms with E-state index in [9.17, 15) is 4.79 Å². The van der Waals surface area contributed by atoms with Crippen LogP contribution in [0.1, 0.15) is 18.1 Å². The largest absolute Gasteiger partial charge is 0.489 e. The fourth-order valence-electron chi connectivity index (χ4n) is 2.85. The number of allylic oxidation sites excluding steroid dienone is 1. The number of ether oxygens (including phenoxy) is 2. The van der Waals surface area contributed by atoms with E-state index in [1.807, 2.05) is 43.5 Å². The van der Waals surface area contributed by atoms with Gasteiger partial charge in [0.1, 0.15) is 12.4 Å². The Morgan fingerprint density at radius 2 is 2.00 bits per heavy atom. The second-order valence-corrected chi connectivity index (χ2v) is 6.94. The lowest BCUT2D eigenvalue weighted by molar-refractivity contribution is -0.139. The van der Waals surface area contributed by atoms with Gasteiger partial charge in [0.15, 0.2) is 0 Å². The van der Waals surface area contributed by atoms with Crippen LogP contribution < -0.4 is 4.74 Å². The molecule has 134 valence electrons. The third-order valence-corrected chi connectivity index (χ3v) is 4.81. The molecule has 0 radical (unpaired) electrons. The quantitative estimate of drug-likeness (QED) is 0.522. The maximum atomic E-state index is 11.6. The number of nitrogens with zero attached hydrogens (tertiary/aromatic N) is 1. The summed E-state index contributed by atoms with van der Waals surface area (Å²) in [5.41, 5.74) is 3.87. The van der Waals surface area contributed by atoms with E-state index in [-0.39, 0.29) is 12.4 Å². The summed E-state index contributed by atoms with van der Waals surface area (Å²) in [5.74, 6) is 0.397. The summed E-state index contributed by atoms with van der Waals surface area (Å²) in [7, 11) is 1.38. The molecule has 0 fully saturated rings. The first-order chi connectivity index (χ1) is 12.5. The van der Waals surface area contributed by atoms with Crippen LogP contribution in [0.2, 0.25) is 0 Å².